The van der Waals surface area contributed by atoms with E-state index < -0.39 is 17.1 Å². The molecule has 0 aromatic heterocycles. The van der Waals surface area contributed by atoms with Gasteiger partial charge in [-0.2, -0.15) is 5.26 Å². The zero-order valence-corrected chi connectivity index (χ0v) is 16.5. The second kappa shape index (κ2) is 10.5. The van der Waals surface area contributed by atoms with Gasteiger partial charge in [-0.25, -0.2) is 9.87 Å². The molecular weight excluding hydrogens is 371 g/mol. The van der Waals surface area contributed by atoms with Gasteiger partial charge in [0.2, 0.25) is 5.91 Å². The molecule has 0 radical (unpaired) electrons. The molecule has 0 heterocycles. The lowest BCUT2D eigenvalue weighted by Crippen LogP contribution is -2.28. The minimum absolute atomic E-state index is 0.0537. The van der Waals surface area contributed by atoms with Crippen LogP contribution in [0, 0.1) is 17.1 Å². The number of carbonyl (C=O) groups is 2. The summed E-state index contributed by atoms with van der Waals surface area (Å²) in [6.07, 6.45) is 2.78. The van der Waals surface area contributed by atoms with Gasteiger partial charge in [0, 0.05) is 18.4 Å². The van der Waals surface area contributed by atoms with Crippen molar-refractivity contribution in [3.8, 4) is 6.07 Å². The lowest BCUT2D eigenvalue weighted by atomic mass is 9.70. The summed E-state index contributed by atoms with van der Waals surface area (Å²) in [5.41, 5.74) is 2.25. The monoisotopic (exact) mass is 396 g/mol. The first-order valence-electron chi connectivity index (χ1n) is 9.71. The number of halogens is 1. The molecule has 1 amide bonds. The van der Waals surface area contributed by atoms with Crippen molar-refractivity contribution in [1.82, 2.24) is 5.48 Å². The van der Waals surface area contributed by atoms with Crippen LogP contribution in [0.3, 0.4) is 0 Å². The predicted molar refractivity (Wildman–Crippen MR) is 107 cm³/mol. The van der Waals surface area contributed by atoms with Crippen molar-refractivity contribution in [2.75, 3.05) is 0 Å². The molecule has 0 saturated carbocycles. The van der Waals surface area contributed by atoms with Crippen molar-refractivity contribution >= 4 is 11.7 Å². The Balaban J connectivity index is 2.41. The molecule has 0 spiro atoms. The molecule has 5 nitrogen and oxygen atoms in total. The van der Waals surface area contributed by atoms with Crippen LogP contribution in [-0.2, 0) is 10.2 Å². The van der Waals surface area contributed by atoms with E-state index in [1.54, 1.807) is 48.8 Å². The first-order valence-corrected chi connectivity index (χ1v) is 9.71. The first kappa shape index (κ1) is 22.3. The fourth-order valence-corrected chi connectivity index (χ4v) is 3.55. The van der Waals surface area contributed by atoms with Crippen LogP contribution in [0.2, 0.25) is 0 Å². The van der Waals surface area contributed by atoms with Crippen molar-refractivity contribution in [2.24, 2.45) is 0 Å². The minimum atomic E-state index is -1.10. The number of nitrogens with one attached hydrogen (secondary N) is 1. The molecule has 0 aliphatic carbocycles. The Morgan fingerprint density at radius 3 is 2.41 bits per heavy atom. The molecule has 29 heavy (non-hydrogen) atoms. The summed E-state index contributed by atoms with van der Waals surface area (Å²) in [7, 11) is 0. The lowest BCUT2D eigenvalue weighted by Gasteiger charge is -2.30. The minimum Gasteiger partial charge on any atom is -0.294 e. The highest BCUT2D eigenvalue weighted by Gasteiger charge is 2.37. The second-order valence-corrected chi connectivity index (χ2v) is 6.94. The van der Waals surface area contributed by atoms with Crippen molar-refractivity contribution < 1.29 is 19.2 Å². The van der Waals surface area contributed by atoms with Crippen LogP contribution in [0.25, 0.3) is 0 Å². The van der Waals surface area contributed by atoms with Gasteiger partial charge in [-0.15, -0.1) is 0 Å². The number of ketones is 1. The summed E-state index contributed by atoms with van der Waals surface area (Å²) in [5.74, 6) is -0.899. The highest BCUT2D eigenvalue weighted by molar-refractivity contribution is 5.98. The zero-order chi connectivity index (χ0) is 21.3. The maximum atomic E-state index is 13.5. The van der Waals surface area contributed by atoms with E-state index in [1.165, 1.54) is 12.1 Å². The zero-order valence-electron chi connectivity index (χ0n) is 16.5. The van der Waals surface area contributed by atoms with Gasteiger partial charge in [0.05, 0.1) is 6.07 Å². The summed E-state index contributed by atoms with van der Waals surface area (Å²) in [4.78, 5) is 23.7. The van der Waals surface area contributed by atoms with Crippen LogP contribution in [0.15, 0.2) is 48.5 Å². The number of hydrogen-bond acceptors (Lipinski definition) is 4. The van der Waals surface area contributed by atoms with Crippen LogP contribution in [0.4, 0.5) is 4.39 Å². The Hall–Kier alpha value is -3.04. The number of benzene rings is 2. The normalized spacial score (nSPS) is 12.6. The van der Waals surface area contributed by atoms with E-state index in [9.17, 15) is 19.2 Å². The van der Waals surface area contributed by atoms with Gasteiger partial charge in [0.25, 0.3) is 0 Å². The Morgan fingerprint density at radius 2 is 1.79 bits per heavy atom. The van der Waals surface area contributed by atoms with E-state index in [4.69, 9.17) is 5.21 Å². The van der Waals surface area contributed by atoms with Gasteiger partial charge in [0.1, 0.15) is 11.2 Å². The predicted octanol–water partition coefficient (Wildman–Crippen LogP) is 4.68. The highest BCUT2D eigenvalue weighted by atomic mass is 19.1. The van der Waals surface area contributed by atoms with Crippen LogP contribution in [0.1, 0.15) is 66.9 Å². The van der Waals surface area contributed by atoms with Crippen molar-refractivity contribution in [2.45, 2.75) is 50.9 Å². The molecular formula is C23H25FN2O3. The van der Waals surface area contributed by atoms with E-state index in [0.717, 1.165) is 0 Å². The van der Waals surface area contributed by atoms with Gasteiger partial charge >= 0.3 is 0 Å². The SMILES string of the molecule is CCC(=O)c1ccccc1C(C#N)(CCCCCC(=O)NO)c1ccc(F)cc1. The molecule has 2 aromatic rings. The third kappa shape index (κ3) is 5.27. The summed E-state index contributed by atoms with van der Waals surface area (Å²) in [6, 6.07) is 15.3. The van der Waals surface area contributed by atoms with Gasteiger partial charge in [-0.1, -0.05) is 56.2 Å². The van der Waals surface area contributed by atoms with Gasteiger partial charge < -0.3 is 0 Å². The number of unbranched alkanes of at least 4 members (excludes halogenated alkanes) is 2. The maximum Gasteiger partial charge on any atom is 0.243 e. The number of nitriles is 1. The van der Waals surface area contributed by atoms with Crippen molar-refractivity contribution in [3.05, 3.63) is 71.0 Å². The van der Waals surface area contributed by atoms with Crippen LogP contribution in [-0.4, -0.2) is 16.9 Å². The number of Topliss-reactive ketones (excluding diaryl/α,β-unsaturated/α-hetero) is 1. The number of carbonyl (C=O) groups excluding carboxylic acids is 2. The fourth-order valence-electron chi connectivity index (χ4n) is 3.55. The summed E-state index contributed by atoms with van der Waals surface area (Å²) < 4.78 is 13.5. The van der Waals surface area contributed by atoms with Gasteiger partial charge in [-0.3, -0.25) is 14.8 Å². The molecule has 2 rings (SSSR count). The average Bonchev–Trinajstić information content (AvgIpc) is 2.76. The number of rotatable bonds is 10. The average molecular weight is 396 g/mol. The quantitative estimate of drug-likeness (QED) is 0.264. The molecule has 0 aliphatic rings. The molecule has 1 atom stereocenters. The third-order valence-corrected chi connectivity index (χ3v) is 5.12. The standard InChI is InChI=1S/C23H25FN2O3/c1-2-21(27)19-8-5-6-9-20(19)23(16-25,17-11-13-18(24)14-12-17)15-7-3-4-10-22(28)26-29/h5-6,8-9,11-14,29H,2-4,7,10,15H2,1H3,(H,26,28). The summed E-state index contributed by atoms with van der Waals surface area (Å²) in [5, 5.41) is 18.8. The smallest absolute Gasteiger partial charge is 0.243 e. The summed E-state index contributed by atoms with van der Waals surface area (Å²) in [6.45, 7) is 1.78. The Bertz CT molecular complexity index is 890. The van der Waals surface area contributed by atoms with E-state index in [0.29, 0.717) is 48.8 Å². The maximum absolute atomic E-state index is 13.5. The van der Waals surface area contributed by atoms with Gasteiger partial charge in [0.15, 0.2) is 5.78 Å². The Labute approximate surface area is 170 Å². The van der Waals surface area contributed by atoms with Crippen molar-refractivity contribution in [1.29, 1.82) is 5.26 Å². The van der Waals surface area contributed by atoms with Crippen LogP contribution < -0.4 is 5.48 Å². The number of hydroxylamine groups is 1. The molecule has 0 saturated heterocycles. The molecule has 0 aliphatic heterocycles. The largest absolute Gasteiger partial charge is 0.294 e. The molecule has 0 fully saturated rings. The Kier molecular flexibility index (Phi) is 8.05. The van der Waals surface area contributed by atoms with Crippen LogP contribution in [0.5, 0.6) is 0 Å². The first-order chi connectivity index (χ1) is 14.0. The van der Waals surface area contributed by atoms with E-state index >= 15 is 0 Å². The van der Waals surface area contributed by atoms with E-state index in [-0.39, 0.29) is 12.2 Å². The summed E-state index contributed by atoms with van der Waals surface area (Å²) >= 11 is 0. The molecule has 6 heteroatoms. The lowest BCUT2D eigenvalue weighted by molar-refractivity contribution is -0.129. The third-order valence-electron chi connectivity index (χ3n) is 5.12. The van der Waals surface area contributed by atoms with Crippen LogP contribution >= 0.6 is 0 Å². The van der Waals surface area contributed by atoms with Crippen molar-refractivity contribution in [3.63, 3.8) is 0 Å². The Morgan fingerprint density at radius 1 is 1.10 bits per heavy atom. The molecule has 0 bridgehead atoms. The highest BCUT2D eigenvalue weighted by Crippen LogP contribution is 2.39. The van der Waals surface area contributed by atoms with Gasteiger partial charge in [-0.05, 0) is 36.1 Å². The molecule has 2 N–H and O–H groups in total. The number of nitrogens with zero attached hydrogens (tertiary/aromatic N) is 1. The van der Waals surface area contributed by atoms with E-state index in [1.807, 2.05) is 0 Å². The molecule has 1 unspecified atom stereocenters. The second-order valence-electron chi connectivity index (χ2n) is 6.94. The topological polar surface area (TPSA) is 90.2 Å². The van der Waals surface area contributed by atoms with E-state index in [2.05, 4.69) is 6.07 Å². The number of hydrogen-bond donors (Lipinski definition) is 2. The fraction of sp³-hybridized carbons (Fsp3) is 0.348. The molecule has 152 valence electrons. The number of amides is 1. The molecule has 2 aromatic carbocycles.